The number of ether oxygens (including phenoxy) is 2. The fourth-order valence-electron chi connectivity index (χ4n) is 1.88. The molecule has 0 saturated carbocycles. The minimum Gasteiger partial charge on any atom is -0.383 e. The van der Waals surface area contributed by atoms with Gasteiger partial charge in [0.2, 0.25) is 0 Å². The van der Waals surface area contributed by atoms with Crippen LogP contribution in [-0.4, -0.2) is 39.4 Å². The molecule has 2 amide bonds. The third kappa shape index (κ3) is 5.36. The molecule has 0 heterocycles. The molecule has 5 nitrogen and oxygen atoms in total. The number of rotatable bonds is 7. The molecule has 1 aromatic carbocycles. The van der Waals surface area contributed by atoms with Gasteiger partial charge in [-0.25, -0.2) is 4.79 Å². The van der Waals surface area contributed by atoms with Crippen LogP contribution in [0.1, 0.15) is 18.6 Å². The number of urea groups is 1. The van der Waals surface area contributed by atoms with E-state index < -0.39 is 0 Å². The molecule has 112 valence electrons. The van der Waals surface area contributed by atoms with E-state index in [1.54, 1.807) is 26.4 Å². The molecule has 0 aliphatic heterocycles. The second-order valence-electron chi connectivity index (χ2n) is 4.39. The highest BCUT2D eigenvalue weighted by Crippen LogP contribution is 2.22. The van der Waals surface area contributed by atoms with Crippen LogP contribution in [0.2, 0.25) is 5.02 Å². The van der Waals surface area contributed by atoms with Gasteiger partial charge in [-0.1, -0.05) is 23.7 Å². The highest BCUT2D eigenvalue weighted by molar-refractivity contribution is 6.30. The second kappa shape index (κ2) is 8.79. The molecule has 0 radical (unpaired) electrons. The van der Waals surface area contributed by atoms with Gasteiger partial charge in [0, 0.05) is 25.8 Å². The standard InChI is InChI=1S/C14H21ClN2O3/c1-10(17-14(18)16-8-9-19-2)13(20-3)11-4-6-12(15)7-5-11/h4-7,10,13H,8-9H2,1-3H3,(H2,16,17,18)/t10-,13+/m1/s1. The van der Waals surface area contributed by atoms with E-state index in [0.717, 1.165) is 5.56 Å². The first-order chi connectivity index (χ1) is 9.58. The molecule has 0 saturated heterocycles. The van der Waals surface area contributed by atoms with Crippen LogP contribution in [-0.2, 0) is 9.47 Å². The van der Waals surface area contributed by atoms with E-state index in [9.17, 15) is 4.79 Å². The maximum Gasteiger partial charge on any atom is 0.315 e. The van der Waals surface area contributed by atoms with E-state index in [1.807, 2.05) is 19.1 Å². The minimum absolute atomic E-state index is 0.177. The molecule has 0 fully saturated rings. The fourth-order valence-corrected chi connectivity index (χ4v) is 2.01. The number of halogens is 1. The summed E-state index contributed by atoms with van der Waals surface area (Å²) >= 11 is 5.86. The first-order valence-electron chi connectivity index (χ1n) is 6.40. The summed E-state index contributed by atoms with van der Waals surface area (Å²) in [6.07, 6.45) is -0.236. The predicted molar refractivity (Wildman–Crippen MR) is 79.1 cm³/mol. The minimum atomic E-state index is -0.245. The van der Waals surface area contributed by atoms with Crippen LogP contribution in [0.4, 0.5) is 4.79 Å². The number of hydrogen-bond acceptors (Lipinski definition) is 3. The van der Waals surface area contributed by atoms with Gasteiger partial charge in [-0.05, 0) is 24.6 Å². The molecule has 2 N–H and O–H groups in total. The van der Waals surface area contributed by atoms with Crippen LogP contribution in [0.25, 0.3) is 0 Å². The van der Waals surface area contributed by atoms with Crippen LogP contribution in [0, 0.1) is 0 Å². The lowest BCUT2D eigenvalue weighted by Crippen LogP contribution is -2.44. The van der Waals surface area contributed by atoms with Gasteiger partial charge in [-0.2, -0.15) is 0 Å². The van der Waals surface area contributed by atoms with Gasteiger partial charge in [-0.3, -0.25) is 0 Å². The van der Waals surface area contributed by atoms with Crippen LogP contribution in [0.3, 0.4) is 0 Å². The third-order valence-corrected chi connectivity index (χ3v) is 3.11. The Morgan fingerprint density at radius 1 is 1.30 bits per heavy atom. The maximum atomic E-state index is 11.7. The van der Waals surface area contributed by atoms with Crippen molar-refractivity contribution in [3.05, 3.63) is 34.9 Å². The van der Waals surface area contributed by atoms with Crippen molar-refractivity contribution in [2.45, 2.75) is 19.1 Å². The van der Waals surface area contributed by atoms with Crippen molar-refractivity contribution in [1.29, 1.82) is 0 Å². The zero-order valence-electron chi connectivity index (χ0n) is 12.0. The summed E-state index contributed by atoms with van der Waals surface area (Å²) in [5, 5.41) is 6.21. The summed E-state index contributed by atoms with van der Waals surface area (Å²) in [5.41, 5.74) is 0.960. The molecule has 6 heteroatoms. The normalized spacial score (nSPS) is 13.6. The Morgan fingerprint density at radius 3 is 2.50 bits per heavy atom. The van der Waals surface area contributed by atoms with E-state index in [2.05, 4.69) is 10.6 Å². The Labute approximate surface area is 124 Å². The Morgan fingerprint density at radius 2 is 1.95 bits per heavy atom. The highest BCUT2D eigenvalue weighted by Gasteiger charge is 2.20. The lowest BCUT2D eigenvalue weighted by molar-refractivity contribution is 0.0761. The Kier molecular flexibility index (Phi) is 7.36. The zero-order chi connectivity index (χ0) is 15.0. The molecule has 1 aromatic rings. The fraction of sp³-hybridized carbons (Fsp3) is 0.500. The topological polar surface area (TPSA) is 59.6 Å². The summed E-state index contributed by atoms with van der Waals surface area (Å²) in [5.74, 6) is 0. The lowest BCUT2D eigenvalue weighted by Gasteiger charge is -2.24. The third-order valence-electron chi connectivity index (χ3n) is 2.86. The molecule has 0 spiro atoms. The summed E-state index contributed by atoms with van der Waals surface area (Å²) in [6, 6.07) is 6.95. The van der Waals surface area contributed by atoms with Crippen molar-refractivity contribution >= 4 is 17.6 Å². The number of nitrogens with one attached hydrogen (secondary N) is 2. The van der Waals surface area contributed by atoms with Crippen LogP contribution >= 0.6 is 11.6 Å². The van der Waals surface area contributed by atoms with Crippen molar-refractivity contribution in [1.82, 2.24) is 10.6 Å². The number of benzene rings is 1. The van der Waals surface area contributed by atoms with Gasteiger partial charge in [0.1, 0.15) is 6.10 Å². The summed E-state index contributed by atoms with van der Waals surface area (Å²) in [6.45, 7) is 2.83. The SMILES string of the molecule is COCCNC(=O)N[C@H](C)[C@H](OC)c1ccc(Cl)cc1. The van der Waals surface area contributed by atoms with Gasteiger partial charge in [0.25, 0.3) is 0 Å². The van der Waals surface area contributed by atoms with Crippen LogP contribution in [0.15, 0.2) is 24.3 Å². The average molecular weight is 301 g/mol. The first kappa shape index (κ1) is 16.8. The maximum absolute atomic E-state index is 11.7. The van der Waals surface area contributed by atoms with Crippen LogP contribution < -0.4 is 10.6 Å². The number of methoxy groups -OCH3 is 2. The Balaban J connectivity index is 2.56. The quantitative estimate of drug-likeness (QED) is 0.760. The number of hydrogen-bond donors (Lipinski definition) is 2. The van der Waals surface area contributed by atoms with Crippen molar-refractivity contribution in [2.75, 3.05) is 27.4 Å². The molecular formula is C14H21ClN2O3. The monoisotopic (exact) mass is 300 g/mol. The molecule has 0 bridgehead atoms. The van der Waals surface area contributed by atoms with Gasteiger partial charge in [-0.15, -0.1) is 0 Å². The highest BCUT2D eigenvalue weighted by atomic mass is 35.5. The number of amides is 2. The van der Waals surface area contributed by atoms with Crippen molar-refractivity contribution in [3.63, 3.8) is 0 Å². The van der Waals surface area contributed by atoms with Gasteiger partial charge >= 0.3 is 6.03 Å². The van der Waals surface area contributed by atoms with E-state index in [4.69, 9.17) is 21.1 Å². The molecular weight excluding hydrogens is 280 g/mol. The van der Waals surface area contributed by atoms with Gasteiger partial charge in [0.05, 0.1) is 12.6 Å². The summed E-state index contributed by atoms with van der Waals surface area (Å²) < 4.78 is 10.3. The molecule has 0 unspecified atom stereocenters. The lowest BCUT2D eigenvalue weighted by atomic mass is 10.0. The second-order valence-corrected chi connectivity index (χ2v) is 4.83. The van der Waals surface area contributed by atoms with Crippen molar-refractivity contribution < 1.29 is 14.3 Å². The molecule has 0 aromatic heterocycles. The Hall–Kier alpha value is -1.30. The zero-order valence-corrected chi connectivity index (χ0v) is 12.7. The van der Waals surface area contributed by atoms with E-state index in [0.29, 0.717) is 18.2 Å². The largest absolute Gasteiger partial charge is 0.383 e. The first-order valence-corrected chi connectivity index (χ1v) is 6.77. The van der Waals surface area contributed by atoms with E-state index >= 15 is 0 Å². The predicted octanol–water partition coefficient (Wildman–Crippen LogP) is 2.36. The average Bonchev–Trinajstić information content (AvgIpc) is 2.42. The number of carbonyl (C=O) groups is 1. The van der Waals surface area contributed by atoms with E-state index in [-0.39, 0.29) is 18.2 Å². The van der Waals surface area contributed by atoms with Crippen molar-refractivity contribution in [3.8, 4) is 0 Å². The molecule has 2 atom stereocenters. The summed E-state index contributed by atoms with van der Waals surface area (Å²) in [7, 11) is 3.20. The van der Waals surface area contributed by atoms with Crippen LogP contribution in [0.5, 0.6) is 0 Å². The molecule has 0 aliphatic rings. The Bertz CT molecular complexity index is 411. The number of carbonyl (C=O) groups excluding carboxylic acids is 1. The van der Waals surface area contributed by atoms with E-state index in [1.165, 1.54) is 0 Å². The van der Waals surface area contributed by atoms with Gasteiger partial charge < -0.3 is 20.1 Å². The summed E-state index contributed by atoms with van der Waals surface area (Å²) in [4.78, 5) is 11.7. The van der Waals surface area contributed by atoms with Crippen molar-refractivity contribution in [2.24, 2.45) is 0 Å². The molecule has 1 rings (SSSR count). The smallest absolute Gasteiger partial charge is 0.315 e. The van der Waals surface area contributed by atoms with Gasteiger partial charge in [0.15, 0.2) is 0 Å². The molecule has 0 aliphatic carbocycles. The molecule has 20 heavy (non-hydrogen) atoms.